The van der Waals surface area contributed by atoms with Crippen molar-refractivity contribution < 1.29 is 0 Å². The molecule has 0 amide bonds. The van der Waals surface area contributed by atoms with Crippen LogP contribution in [-0.4, -0.2) is 32.8 Å². The third kappa shape index (κ3) is 2.53. The fourth-order valence-electron chi connectivity index (χ4n) is 2.15. The third-order valence-electron chi connectivity index (χ3n) is 3.11. The van der Waals surface area contributed by atoms with Gasteiger partial charge in [0.05, 0.1) is 7.05 Å². The van der Waals surface area contributed by atoms with E-state index in [4.69, 9.17) is 0 Å². The van der Waals surface area contributed by atoms with Gasteiger partial charge in [-0.05, 0) is 30.0 Å². The van der Waals surface area contributed by atoms with E-state index in [2.05, 4.69) is 34.6 Å². The minimum atomic E-state index is 0.522. The molecular weight excluding hydrogens is 190 g/mol. The van der Waals surface area contributed by atoms with Gasteiger partial charge >= 0.3 is 0 Å². The molecule has 15 heavy (non-hydrogen) atoms. The van der Waals surface area contributed by atoms with Crippen molar-refractivity contribution >= 4 is 0 Å². The van der Waals surface area contributed by atoms with Crippen molar-refractivity contribution in [1.29, 1.82) is 0 Å². The Morgan fingerprint density at radius 1 is 1.60 bits per heavy atom. The predicted molar refractivity (Wildman–Crippen MR) is 57.2 cm³/mol. The fraction of sp³-hybridized carbons (Fsp3) is 0.900. The number of nitrogens with one attached hydrogen (secondary N) is 1. The smallest absolute Gasteiger partial charge is 0.176 e. The molecule has 0 spiro atoms. The molecule has 3 atom stereocenters. The molecule has 1 N–H and O–H groups in total. The maximum Gasteiger partial charge on any atom is 0.176 e. The molecule has 0 bridgehead atoms. The summed E-state index contributed by atoms with van der Waals surface area (Å²) in [5.41, 5.74) is 0. The first kappa shape index (κ1) is 10.5. The molecule has 3 unspecified atom stereocenters. The van der Waals surface area contributed by atoms with Crippen LogP contribution in [0.2, 0.25) is 0 Å². The Morgan fingerprint density at radius 3 is 2.80 bits per heavy atom. The summed E-state index contributed by atoms with van der Waals surface area (Å²) in [5, 5.41) is 15.6. The van der Waals surface area contributed by atoms with E-state index >= 15 is 0 Å². The molecule has 1 saturated carbocycles. The second kappa shape index (κ2) is 4.26. The number of likely N-dealkylation sites (N-methyl/N-ethyl adjacent to an activating group) is 1. The zero-order valence-corrected chi connectivity index (χ0v) is 9.64. The standard InChI is InChI=1S/C10H19N5/c1-4-11-9(8-5-7(8)2)6-10-12-14-15(3)13-10/h7-9,11H,4-6H2,1-3H3. The molecule has 1 heterocycles. The first-order valence-electron chi connectivity index (χ1n) is 5.67. The van der Waals surface area contributed by atoms with Gasteiger partial charge in [-0.25, -0.2) is 0 Å². The van der Waals surface area contributed by atoms with E-state index in [9.17, 15) is 0 Å². The average Bonchev–Trinajstić information content (AvgIpc) is 2.77. The lowest BCUT2D eigenvalue weighted by atomic mass is 10.1. The molecule has 0 aliphatic heterocycles. The second-order valence-corrected chi connectivity index (χ2v) is 4.44. The van der Waals surface area contributed by atoms with Crippen LogP contribution in [0.4, 0.5) is 0 Å². The maximum absolute atomic E-state index is 4.22. The van der Waals surface area contributed by atoms with Crippen molar-refractivity contribution in [3.63, 3.8) is 0 Å². The Labute approximate surface area is 90.2 Å². The zero-order chi connectivity index (χ0) is 10.8. The average molecular weight is 209 g/mol. The normalized spacial score (nSPS) is 26.6. The van der Waals surface area contributed by atoms with Crippen LogP contribution in [0.15, 0.2) is 0 Å². The van der Waals surface area contributed by atoms with Gasteiger partial charge in [-0.15, -0.1) is 10.2 Å². The lowest BCUT2D eigenvalue weighted by Crippen LogP contribution is -2.33. The number of rotatable bonds is 5. The summed E-state index contributed by atoms with van der Waals surface area (Å²) in [6.45, 7) is 5.46. The Kier molecular flexibility index (Phi) is 3.00. The van der Waals surface area contributed by atoms with E-state index in [-0.39, 0.29) is 0 Å². The van der Waals surface area contributed by atoms with Gasteiger partial charge in [0.1, 0.15) is 0 Å². The highest BCUT2D eigenvalue weighted by molar-refractivity contribution is 4.97. The SMILES string of the molecule is CCNC(Cc1nnn(C)n1)C1CC1C. The number of aryl methyl sites for hydroxylation is 1. The molecule has 5 nitrogen and oxygen atoms in total. The number of hydrogen-bond acceptors (Lipinski definition) is 4. The molecule has 2 rings (SSSR count). The van der Waals surface area contributed by atoms with E-state index in [1.807, 2.05) is 0 Å². The van der Waals surface area contributed by atoms with Crippen LogP contribution < -0.4 is 5.32 Å². The van der Waals surface area contributed by atoms with Crippen LogP contribution >= 0.6 is 0 Å². The van der Waals surface area contributed by atoms with E-state index < -0.39 is 0 Å². The molecule has 0 saturated heterocycles. The zero-order valence-electron chi connectivity index (χ0n) is 9.64. The number of nitrogens with zero attached hydrogens (tertiary/aromatic N) is 4. The minimum Gasteiger partial charge on any atom is -0.314 e. The van der Waals surface area contributed by atoms with Gasteiger partial charge in [-0.2, -0.15) is 4.80 Å². The molecule has 84 valence electrons. The van der Waals surface area contributed by atoms with E-state index in [1.165, 1.54) is 11.2 Å². The summed E-state index contributed by atoms with van der Waals surface area (Å²) >= 11 is 0. The highest BCUT2D eigenvalue weighted by Crippen LogP contribution is 2.41. The second-order valence-electron chi connectivity index (χ2n) is 4.44. The van der Waals surface area contributed by atoms with Crippen molar-refractivity contribution in [3.8, 4) is 0 Å². The predicted octanol–water partition coefficient (Wildman–Crippen LogP) is 0.387. The molecular formula is C10H19N5. The summed E-state index contributed by atoms with van der Waals surface area (Å²) in [7, 11) is 1.80. The lowest BCUT2D eigenvalue weighted by molar-refractivity contribution is 0.446. The molecule has 1 aromatic heterocycles. The molecule has 5 heteroatoms. The highest BCUT2D eigenvalue weighted by Gasteiger charge is 2.39. The maximum atomic E-state index is 4.22. The van der Waals surface area contributed by atoms with Crippen molar-refractivity contribution in [3.05, 3.63) is 5.82 Å². The fourth-order valence-corrected chi connectivity index (χ4v) is 2.15. The monoisotopic (exact) mass is 209 g/mol. The Morgan fingerprint density at radius 2 is 2.33 bits per heavy atom. The van der Waals surface area contributed by atoms with Crippen LogP contribution in [0.25, 0.3) is 0 Å². The van der Waals surface area contributed by atoms with Crippen LogP contribution in [0.5, 0.6) is 0 Å². The first-order chi connectivity index (χ1) is 7.20. The largest absolute Gasteiger partial charge is 0.314 e. The molecule has 0 aromatic carbocycles. The van der Waals surface area contributed by atoms with E-state index in [0.717, 1.165) is 30.6 Å². The highest BCUT2D eigenvalue weighted by atomic mass is 15.6. The van der Waals surface area contributed by atoms with Crippen LogP contribution in [0, 0.1) is 11.8 Å². The van der Waals surface area contributed by atoms with Crippen molar-refractivity contribution in [2.75, 3.05) is 6.54 Å². The third-order valence-corrected chi connectivity index (χ3v) is 3.11. The van der Waals surface area contributed by atoms with Crippen molar-refractivity contribution in [1.82, 2.24) is 25.5 Å². The topological polar surface area (TPSA) is 55.6 Å². The molecule has 1 aliphatic rings. The van der Waals surface area contributed by atoms with Gasteiger partial charge in [-0.3, -0.25) is 0 Å². The summed E-state index contributed by atoms with van der Waals surface area (Å²) in [4.78, 5) is 1.52. The quantitative estimate of drug-likeness (QED) is 0.762. The van der Waals surface area contributed by atoms with Gasteiger partial charge < -0.3 is 5.32 Å². The molecule has 0 radical (unpaired) electrons. The van der Waals surface area contributed by atoms with Gasteiger partial charge in [-0.1, -0.05) is 13.8 Å². The molecule has 1 aromatic rings. The van der Waals surface area contributed by atoms with Gasteiger partial charge in [0.2, 0.25) is 0 Å². The van der Waals surface area contributed by atoms with Crippen LogP contribution in [0.3, 0.4) is 0 Å². The summed E-state index contributed by atoms with van der Waals surface area (Å²) in [6, 6.07) is 0.522. The van der Waals surface area contributed by atoms with Crippen LogP contribution in [0.1, 0.15) is 26.1 Å². The summed E-state index contributed by atoms with van der Waals surface area (Å²) in [5.74, 6) is 2.50. The molecule has 1 aliphatic carbocycles. The van der Waals surface area contributed by atoms with Gasteiger partial charge in [0.15, 0.2) is 5.82 Å². The van der Waals surface area contributed by atoms with Crippen molar-refractivity contribution in [2.24, 2.45) is 18.9 Å². The molecule has 1 fully saturated rings. The first-order valence-corrected chi connectivity index (χ1v) is 5.67. The van der Waals surface area contributed by atoms with E-state index in [0.29, 0.717) is 6.04 Å². The van der Waals surface area contributed by atoms with Gasteiger partial charge in [0.25, 0.3) is 0 Å². The Hall–Kier alpha value is -0.970. The summed E-state index contributed by atoms with van der Waals surface area (Å²) in [6.07, 6.45) is 2.23. The summed E-state index contributed by atoms with van der Waals surface area (Å²) < 4.78 is 0. The van der Waals surface area contributed by atoms with Gasteiger partial charge in [0, 0.05) is 12.5 Å². The Bertz CT molecular complexity index is 321. The van der Waals surface area contributed by atoms with Crippen LogP contribution in [-0.2, 0) is 13.5 Å². The number of aromatic nitrogens is 4. The Balaban J connectivity index is 1.94. The van der Waals surface area contributed by atoms with E-state index in [1.54, 1.807) is 7.05 Å². The lowest BCUT2D eigenvalue weighted by Gasteiger charge is -2.15. The minimum absolute atomic E-state index is 0.522. The number of tetrazole rings is 1. The van der Waals surface area contributed by atoms with Crippen molar-refractivity contribution in [2.45, 2.75) is 32.7 Å². The number of hydrogen-bond donors (Lipinski definition) is 1.